The topological polar surface area (TPSA) is 15.8 Å². The zero-order valence-electron chi connectivity index (χ0n) is 8.87. The summed E-state index contributed by atoms with van der Waals surface area (Å²) in [4.78, 5) is 3.11. The summed E-state index contributed by atoms with van der Waals surface area (Å²) in [5.41, 5.74) is 2.52. The van der Waals surface area contributed by atoms with E-state index in [0.29, 0.717) is 5.52 Å². The van der Waals surface area contributed by atoms with Crippen molar-refractivity contribution in [2.24, 2.45) is 0 Å². The van der Waals surface area contributed by atoms with Crippen molar-refractivity contribution in [3.05, 3.63) is 58.8 Å². The van der Waals surface area contributed by atoms with E-state index in [1.807, 2.05) is 36.4 Å². The summed E-state index contributed by atoms with van der Waals surface area (Å²) < 4.78 is 14.6. The number of aromatic nitrogens is 1. The second kappa shape index (κ2) is 4.00. The standard InChI is InChI=1S/C14H9BrFN/c15-11-5-1-3-9(7-11)13-8-10-4-2-6-12(16)14(10)17-13/h1-8,17H. The molecule has 0 saturated carbocycles. The number of hydrogen-bond donors (Lipinski definition) is 1. The highest BCUT2D eigenvalue weighted by Crippen LogP contribution is 2.27. The maximum atomic E-state index is 13.6. The van der Waals surface area contributed by atoms with Crippen LogP contribution in [0.15, 0.2) is 53.0 Å². The van der Waals surface area contributed by atoms with Crippen molar-refractivity contribution in [1.82, 2.24) is 4.98 Å². The van der Waals surface area contributed by atoms with Crippen LogP contribution in [0.5, 0.6) is 0 Å². The lowest BCUT2D eigenvalue weighted by molar-refractivity contribution is 0.637. The van der Waals surface area contributed by atoms with Crippen LogP contribution < -0.4 is 0 Å². The molecule has 1 heterocycles. The Labute approximate surface area is 106 Å². The molecule has 0 aliphatic carbocycles. The van der Waals surface area contributed by atoms with Crippen molar-refractivity contribution < 1.29 is 4.39 Å². The zero-order valence-corrected chi connectivity index (χ0v) is 10.5. The normalized spacial score (nSPS) is 10.9. The van der Waals surface area contributed by atoms with Crippen molar-refractivity contribution in [2.75, 3.05) is 0 Å². The maximum absolute atomic E-state index is 13.6. The Morgan fingerprint density at radius 2 is 1.82 bits per heavy atom. The number of hydrogen-bond acceptors (Lipinski definition) is 0. The van der Waals surface area contributed by atoms with E-state index >= 15 is 0 Å². The third kappa shape index (κ3) is 1.87. The molecule has 1 nitrogen and oxygen atoms in total. The Morgan fingerprint density at radius 3 is 2.59 bits per heavy atom. The second-order valence-corrected chi connectivity index (χ2v) is 4.81. The van der Waals surface area contributed by atoms with Crippen LogP contribution >= 0.6 is 15.9 Å². The molecule has 0 fully saturated rings. The fourth-order valence-electron chi connectivity index (χ4n) is 1.93. The van der Waals surface area contributed by atoms with E-state index in [4.69, 9.17) is 0 Å². The van der Waals surface area contributed by atoms with Crippen LogP contribution in [0.2, 0.25) is 0 Å². The Hall–Kier alpha value is -1.61. The minimum atomic E-state index is -0.219. The number of rotatable bonds is 1. The summed E-state index contributed by atoms with van der Waals surface area (Å²) >= 11 is 3.43. The zero-order chi connectivity index (χ0) is 11.8. The number of halogens is 2. The van der Waals surface area contributed by atoms with Gasteiger partial charge in [0.25, 0.3) is 0 Å². The van der Waals surface area contributed by atoms with Crippen molar-refractivity contribution in [3.63, 3.8) is 0 Å². The smallest absolute Gasteiger partial charge is 0.147 e. The molecule has 0 radical (unpaired) electrons. The van der Waals surface area contributed by atoms with Crippen LogP contribution in [-0.2, 0) is 0 Å². The fourth-order valence-corrected chi connectivity index (χ4v) is 2.33. The summed E-state index contributed by atoms with van der Waals surface area (Å²) in [5.74, 6) is -0.219. The molecule has 1 aromatic heterocycles. The molecule has 2 aromatic carbocycles. The highest BCUT2D eigenvalue weighted by atomic mass is 79.9. The quantitative estimate of drug-likeness (QED) is 0.666. The van der Waals surface area contributed by atoms with Gasteiger partial charge in [0.2, 0.25) is 0 Å². The lowest BCUT2D eigenvalue weighted by Crippen LogP contribution is -1.78. The third-order valence-corrected chi connectivity index (χ3v) is 3.23. The van der Waals surface area contributed by atoms with Crippen LogP contribution in [0.4, 0.5) is 4.39 Å². The molecular formula is C14H9BrFN. The molecule has 0 aliphatic heterocycles. The lowest BCUT2D eigenvalue weighted by atomic mass is 10.1. The molecule has 3 heteroatoms. The van der Waals surface area contributed by atoms with Gasteiger partial charge in [-0.1, -0.05) is 40.2 Å². The molecule has 17 heavy (non-hydrogen) atoms. The number of H-pyrrole nitrogens is 1. The van der Waals surface area contributed by atoms with E-state index in [1.165, 1.54) is 6.07 Å². The largest absolute Gasteiger partial charge is 0.352 e. The SMILES string of the molecule is Fc1cccc2cc(-c3cccc(Br)c3)[nH]c12. The lowest BCUT2D eigenvalue weighted by Gasteiger charge is -1.97. The third-order valence-electron chi connectivity index (χ3n) is 2.74. The Morgan fingerprint density at radius 1 is 1.00 bits per heavy atom. The van der Waals surface area contributed by atoms with Gasteiger partial charge in [-0.2, -0.15) is 0 Å². The highest BCUT2D eigenvalue weighted by molar-refractivity contribution is 9.10. The summed E-state index contributed by atoms with van der Waals surface area (Å²) in [6.45, 7) is 0. The first-order chi connectivity index (χ1) is 8.24. The predicted molar refractivity (Wildman–Crippen MR) is 71.4 cm³/mol. The molecule has 0 atom stereocenters. The van der Waals surface area contributed by atoms with E-state index < -0.39 is 0 Å². The minimum absolute atomic E-state index is 0.219. The van der Waals surface area contributed by atoms with E-state index in [-0.39, 0.29) is 5.82 Å². The van der Waals surface area contributed by atoms with E-state index in [0.717, 1.165) is 21.1 Å². The molecule has 84 valence electrons. The van der Waals surface area contributed by atoms with Crippen LogP contribution in [0.3, 0.4) is 0 Å². The monoisotopic (exact) mass is 289 g/mol. The molecule has 0 bridgehead atoms. The van der Waals surface area contributed by atoms with Gasteiger partial charge in [0.1, 0.15) is 5.82 Å². The summed E-state index contributed by atoms with van der Waals surface area (Å²) in [5, 5.41) is 0.889. The predicted octanol–water partition coefficient (Wildman–Crippen LogP) is 4.74. The van der Waals surface area contributed by atoms with Gasteiger partial charge in [-0.25, -0.2) is 4.39 Å². The number of nitrogens with one attached hydrogen (secondary N) is 1. The number of benzene rings is 2. The van der Waals surface area contributed by atoms with Gasteiger partial charge < -0.3 is 4.98 Å². The van der Waals surface area contributed by atoms with Crippen molar-refractivity contribution in [1.29, 1.82) is 0 Å². The van der Waals surface area contributed by atoms with Gasteiger partial charge in [-0.3, -0.25) is 0 Å². The molecule has 0 unspecified atom stereocenters. The van der Waals surface area contributed by atoms with Gasteiger partial charge >= 0.3 is 0 Å². The molecule has 3 aromatic rings. The van der Waals surface area contributed by atoms with Crippen LogP contribution in [0, 0.1) is 5.82 Å². The summed E-state index contributed by atoms with van der Waals surface area (Å²) in [6, 6.07) is 15.0. The van der Waals surface area contributed by atoms with Gasteiger partial charge in [-0.05, 0) is 29.8 Å². The van der Waals surface area contributed by atoms with Crippen LogP contribution in [0.25, 0.3) is 22.2 Å². The van der Waals surface area contributed by atoms with Crippen LogP contribution in [0.1, 0.15) is 0 Å². The molecule has 0 saturated heterocycles. The molecule has 3 rings (SSSR count). The molecule has 0 aliphatic rings. The molecular weight excluding hydrogens is 281 g/mol. The Kier molecular flexibility index (Phi) is 2.48. The Balaban J connectivity index is 2.22. The first-order valence-electron chi connectivity index (χ1n) is 5.27. The van der Waals surface area contributed by atoms with E-state index in [9.17, 15) is 4.39 Å². The van der Waals surface area contributed by atoms with Crippen molar-refractivity contribution in [3.8, 4) is 11.3 Å². The van der Waals surface area contributed by atoms with Crippen molar-refractivity contribution in [2.45, 2.75) is 0 Å². The van der Waals surface area contributed by atoms with Gasteiger partial charge in [0, 0.05) is 15.6 Å². The minimum Gasteiger partial charge on any atom is -0.352 e. The number of aromatic amines is 1. The maximum Gasteiger partial charge on any atom is 0.147 e. The van der Waals surface area contributed by atoms with E-state index in [2.05, 4.69) is 20.9 Å². The average molecular weight is 290 g/mol. The average Bonchev–Trinajstić information content (AvgIpc) is 2.74. The molecule has 0 spiro atoms. The van der Waals surface area contributed by atoms with Gasteiger partial charge in [0.15, 0.2) is 0 Å². The second-order valence-electron chi connectivity index (χ2n) is 3.90. The highest BCUT2D eigenvalue weighted by Gasteiger charge is 2.06. The first kappa shape index (κ1) is 10.5. The number of fused-ring (bicyclic) bond motifs is 1. The van der Waals surface area contributed by atoms with E-state index in [1.54, 1.807) is 6.07 Å². The van der Waals surface area contributed by atoms with Gasteiger partial charge in [0.05, 0.1) is 5.52 Å². The molecule has 1 N–H and O–H groups in total. The Bertz CT molecular complexity index is 688. The number of para-hydroxylation sites is 1. The summed E-state index contributed by atoms with van der Waals surface area (Å²) in [6.07, 6.45) is 0. The first-order valence-corrected chi connectivity index (χ1v) is 6.06. The molecule has 0 amide bonds. The van der Waals surface area contributed by atoms with Gasteiger partial charge in [-0.15, -0.1) is 0 Å². The fraction of sp³-hybridized carbons (Fsp3) is 0. The van der Waals surface area contributed by atoms with Crippen LogP contribution in [-0.4, -0.2) is 4.98 Å². The van der Waals surface area contributed by atoms with Crippen molar-refractivity contribution >= 4 is 26.8 Å². The summed E-state index contributed by atoms with van der Waals surface area (Å²) in [7, 11) is 0.